The molecule has 1 aromatic rings. The van der Waals surface area contributed by atoms with E-state index in [1.54, 1.807) is 0 Å². The maximum absolute atomic E-state index is 13.2. The molecule has 0 saturated heterocycles. The lowest BCUT2D eigenvalue weighted by Gasteiger charge is -2.23. The van der Waals surface area contributed by atoms with Gasteiger partial charge in [-0.05, 0) is 25.4 Å². The summed E-state index contributed by atoms with van der Waals surface area (Å²) in [6.45, 7) is -1.75. The van der Waals surface area contributed by atoms with E-state index >= 15 is 0 Å². The third-order valence-electron chi connectivity index (χ3n) is 3.43. The van der Waals surface area contributed by atoms with Gasteiger partial charge >= 0.3 is 11.8 Å². The molecule has 0 aliphatic carbocycles. The molecular weight excluding hydrogens is 334 g/mol. The molecule has 0 saturated carbocycles. The maximum Gasteiger partial charge on any atom is 0.310 e. The van der Waals surface area contributed by atoms with E-state index in [1.807, 2.05) is 6.08 Å². The fourth-order valence-electron chi connectivity index (χ4n) is 2.07. The van der Waals surface area contributed by atoms with Gasteiger partial charge in [-0.3, -0.25) is 0 Å². The second kappa shape index (κ2) is 7.12. The molecule has 1 aliphatic heterocycles. The van der Waals surface area contributed by atoms with Crippen LogP contribution in [0.3, 0.4) is 0 Å². The number of rotatable bonds is 7. The Labute approximate surface area is 140 Å². The van der Waals surface area contributed by atoms with Crippen molar-refractivity contribution in [2.75, 3.05) is 26.7 Å². The van der Waals surface area contributed by atoms with Crippen molar-refractivity contribution >= 4 is 17.3 Å². The summed E-state index contributed by atoms with van der Waals surface area (Å²) in [4.78, 5) is 1.31. The van der Waals surface area contributed by atoms with Gasteiger partial charge in [0.1, 0.15) is 5.69 Å². The van der Waals surface area contributed by atoms with Crippen LogP contribution in [0.2, 0.25) is 0 Å². The minimum Gasteiger partial charge on any atom is -0.475 e. The summed E-state index contributed by atoms with van der Waals surface area (Å²) in [5.41, 5.74) is 0.984. The molecule has 23 heavy (non-hydrogen) atoms. The Bertz CT molecular complexity index is 646. The number of ether oxygens (including phenoxy) is 1. The average molecular weight is 356 g/mol. The third-order valence-corrected chi connectivity index (χ3v) is 3.94. The SMILES string of the molecule is [2H]C([2H])([2H])N1CCC=C(c2nsnc2OCCCC(F)(F)C(C)(F)F)C1. The molecule has 9 heteroatoms. The van der Waals surface area contributed by atoms with E-state index in [-0.39, 0.29) is 32.4 Å². The summed E-state index contributed by atoms with van der Waals surface area (Å²) in [7, 11) is 0. The van der Waals surface area contributed by atoms with Crippen molar-refractivity contribution in [3.63, 3.8) is 0 Å². The van der Waals surface area contributed by atoms with E-state index in [4.69, 9.17) is 8.85 Å². The summed E-state index contributed by atoms with van der Waals surface area (Å²) in [6.07, 6.45) is 1.05. The smallest absolute Gasteiger partial charge is 0.310 e. The first-order valence-corrected chi connectivity index (χ1v) is 7.80. The van der Waals surface area contributed by atoms with Crippen LogP contribution in [-0.4, -0.2) is 52.2 Å². The van der Waals surface area contributed by atoms with E-state index in [0.29, 0.717) is 24.2 Å². The highest BCUT2D eigenvalue weighted by Crippen LogP contribution is 2.37. The van der Waals surface area contributed by atoms with Crippen molar-refractivity contribution in [1.82, 2.24) is 13.6 Å². The van der Waals surface area contributed by atoms with E-state index in [9.17, 15) is 17.6 Å². The largest absolute Gasteiger partial charge is 0.475 e. The number of likely N-dealkylation sites (N-methyl/N-ethyl adjacent to an activating group) is 1. The Balaban J connectivity index is 1.94. The summed E-state index contributed by atoms with van der Waals surface area (Å²) in [5.74, 6) is -8.10. The number of nitrogens with zero attached hydrogens (tertiary/aromatic N) is 3. The van der Waals surface area contributed by atoms with Crippen LogP contribution in [0.1, 0.15) is 36.0 Å². The van der Waals surface area contributed by atoms with Crippen LogP contribution in [0.25, 0.3) is 5.57 Å². The highest BCUT2D eigenvalue weighted by molar-refractivity contribution is 6.99. The molecule has 0 radical (unpaired) electrons. The Morgan fingerprint density at radius 3 is 2.87 bits per heavy atom. The molecule has 0 spiro atoms. The molecule has 1 aliphatic rings. The van der Waals surface area contributed by atoms with Crippen LogP contribution in [0, 0.1) is 0 Å². The molecule has 0 N–H and O–H groups in total. The summed E-state index contributed by atoms with van der Waals surface area (Å²) >= 11 is 0.843. The Morgan fingerprint density at radius 2 is 2.17 bits per heavy atom. The first-order valence-electron chi connectivity index (χ1n) is 8.57. The monoisotopic (exact) mass is 356 g/mol. The molecule has 0 fully saturated rings. The fourth-order valence-corrected chi connectivity index (χ4v) is 2.60. The second-order valence-electron chi connectivity index (χ2n) is 5.40. The zero-order chi connectivity index (χ0) is 19.6. The number of hydrogen-bond donors (Lipinski definition) is 0. The van der Waals surface area contributed by atoms with Gasteiger partial charge in [0.2, 0.25) is 0 Å². The predicted molar refractivity (Wildman–Crippen MR) is 80.3 cm³/mol. The fraction of sp³-hybridized carbons (Fsp3) is 0.714. The molecule has 2 rings (SSSR count). The summed E-state index contributed by atoms with van der Waals surface area (Å²) in [5, 5.41) is 0. The second-order valence-corrected chi connectivity index (χ2v) is 5.93. The van der Waals surface area contributed by atoms with Gasteiger partial charge < -0.3 is 9.64 Å². The molecular formula is C14H19F4N3OS. The minimum absolute atomic E-state index is 0.0974. The highest BCUT2D eigenvalue weighted by atomic mass is 32.1. The molecule has 0 unspecified atom stereocenters. The van der Waals surface area contributed by atoms with Crippen molar-refractivity contribution in [1.29, 1.82) is 0 Å². The number of hydrogen-bond acceptors (Lipinski definition) is 5. The zero-order valence-corrected chi connectivity index (χ0v) is 13.3. The predicted octanol–water partition coefficient (Wildman–Crippen LogP) is 3.71. The first kappa shape index (κ1) is 14.2. The lowest BCUT2D eigenvalue weighted by atomic mass is 10.1. The molecule has 1 aromatic heterocycles. The Hall–Kier alpha value is -1.22. The normalized spacial score (nSPS) is 19.7. The van der Waals surface area contributed by atoms with Gasteiger partial charge in [-0.2, -0.15) is 13.2 Å². The number of aromatic nitrogens is 2. The lowest BCUT2D eigenvalue weighted by molar-refractivity contribution is -0.201. The lowest BCUT2D eigenvalue weighted by Crippen LogP contribution is -2.37. The highest BCUT2D eigenvalue weighted by Gasteiger charge is 2.51. The minimum atomic E-state index is -4.11. The van der Waals surface area contributed by atoms with E-state index in [1.165, 1.54) is 4.90 Å². The van der Waals surface area contributed by atoms with Crippen molar-refractivity contribution in [3.8, 4) is 5.88 Å². The Kier molecular flexibility index (Phi) is 4.38. The molecule has 0 aromatic carbocycles. The van der Waals surface area contributed by atoms with E-state index < -0.39 is 25.2 Å². The van der Waals surface area contributed by atoms with Crippen molar-refractivity contribution in [2.45, 2.75) is 38.0 Å². The molecule has 2 heterocycles. The number of alkyl halides is 4. The van der Waals surface area contributed by atoms with Crippen LogP contribution < -0.4 is 4.74 Å². The van der Waals surface area contributed by atoms with Gasteiger partial charge in [0.15, 0.2) is 0 Å². The van der Waals surface area contributed by atoms with Crippen LogP contribution in [0.5, 0.6) is 5.88 Å². The van der Waals surface area contributed by atoms with Crippen molar-refractivity contribution in [3.05, 3.63) is 11.8 Å². The molecule has 0 atom stereocenters. The first-order chi connectivity index (χ1) is 11.9. The standard InChI is InChI=1S/C14H19F4N3OS/c1-13(15,16)14(17,18)6-4-8-22-12-11(19-23-20-12)10-5-3-7-21(2)9-10/h5H,3-4,6-9H2,1-2H3/i2D3. The van der Waals surface area contributed by atoms with Crippen molar-refractivity contribution < 1.29 is 26.4 Å². The quantitative estimate of drug-likeness (QED) is 0.551. The van der Waals surface area contributed by atoms with Gasteiger partial charge in [-0.15, -0.1) is 4.37 Å². The van der Waals surface area contributed by atoms with Gasteiger partial charge in [0.05, 0.1) is 18.3 Å². The van der Waals surface area contributed by atoms with Crippen LogP contribution >= 0.6 is 11.7 Å². The topological polar surface area (TPSA) is 38.2 Å². The van der Waals surface area contributed by atoms with Crippen LogP contribution in [0.4, 0.5) is 17.6 Å². The maximum atomic E-state index is 13.2. The molecule has 130 valence electrons. The van der Waals surface area contributed by atoms with Gasteiger partial charge in [0.25, 0.3) is 5.88 Å². The van der Waals surface area contributed by atoms with Gasteiger partial charge in [-0.1, -0.05) is 6.08 Å². The molecule has 0 amide bonds. The zero-order valence-electron chi connectivity index (χ0n) is 15.5. The van der Waals surface area contributed by atoms with Gasteiger partial charge in [-0.25, -0.2) is 8.78 Å². The number of halogens is 4. The summed E-state index contributed by atoms with van der Waals surface area (Å²) < 4.78 is 87.7. The molecule has 0 bridgehead atoms. The van der Waals surface area contributed by atoms with E-state index in [2.05, 4.69) is 8.75 Å². The Morgan fingerprint density at radius 1 is 1.39 bits per heavy atom. The van der Waals surface area contributed by atoms with Crippen molar-refractivity contribution in [2.24, 2.45) is 0 Å². The third kappa shape index (κ3) is 4.63. The van der Waals surface area contributed by atoms with Gasteiger partial charge in [0, 0.05) is 30.5 Å². The van der Waals surface area contributed by atoms with Crippen LogP contribution in [-0.2, 0) is 0 Å². The van der Waals surface area contributed by atoms with E-state index in [0.717, 1.165) is 11.7 Å². The summed E-state index contributed by atoms with van der Waals surface area (Å²) in [6, 6.07) is 0. The average Bonchev–Trinajstić information content (AvgIpc) is 2.98. The van der Waals surface area contributed by atoms with Crippen LogP contribution in [0.15, 0.2) is 6.08 Å². The molecule has 4 nitrogen and oxygen atoms in total.